The number of methoxy groups -OCH3 is 2. The van der Waals surface area contributed by atoms with Crippen LogP contribution in [0.1, 0.15) is 86.3 Å². The maximum atomic E-state index is 5.83. The third kappa shape index (κ3) is 6.01. The number of aryl methyl sites for hydroxylation is 3. The van der Waals surface area contributed by atoms with Crippen molar-refractivity contribution in [3.8, 4) is 0 Å². The van der Waals surface area contributed by atoms with Crippen molar-refractivity contribution >= 4 is 28.2 Å². The van der Waals surface area contributed by atoms with Crippen molar-refractivity contribution in [2.24, 2.45) is 0 Å². The molecule has 3 aromatic rings. The van der Waals surface area contributed by atoms with Gasteiger partial charge in [0.05, 0.1) is 20.3 Å². The fourth-order valence-corrected chi connectivity index (χ4v) is 5.60. The van der Waals surface area contributed by atoms with Crippen LogP contribution in [0.2, 0.25) is 0 Å². The molecule has 3 aromatic carbocycles. The van der Waals surface area contributed by atoms with Gasteiger partial charge in [-0.25, -0.2) is 0 Å². The number of allylic oxidation sites excluding steroid dienone is 2. The molecule has 1 unspecified atom stereocenters. The Kier molecular flexibility index (Phi) is 9.19. The molecule has 1 aliphatic carbocycles. The first kappa shape index (κ1) is 29.2. The van der Waals surface area contributed by atoms with Crippen LogP contribution in [-0.4, -0.2) is 19.9 Å². The number of hydrazine groups is 1. The number of fused-ring (bicyclic) bond motifs is 1. The largest absolute Gasteiger partial charge is 0.496 e. The van der Waals surface area contributed by atoms with Crippen molar-refractivity contribution in [2.75, 3.05) is 19.6 Å². The smallest absolute Gasteiger partial charge is 0.272 e. The van der Waals surface area contributed by atoms with E-state index in [9.17, 15) is 0 Å². The van der Waals surface area contributed by atoms with Gasteiger partial charge in [0.1, 0.15) is 11.4 Å². The van der Waals surface area contributed by atoms with E-state index in [2.05, 4.69) is 108 Å². The molecule has 0 aromatic heterocycles. The molecule has 1 aliphatic rings. The van der Waals surface area contributed by atoms with E-state index in [1.807, 2.05) is 12.2 Å². The SMILES string of the molecule is CCc1cc(C)cc2cc(C)c(N[NH+]=C3C=C(OC)C(=Cc4ccc(C(C)CC)cc4)C=C3OC)c(C(C)C)c12. The molecule has 4 rings (SSSR count). The Labute approximate surface area is 240 Å². The number of hydrogen-bond acceptors (Lipinski definition) is 3. The van der Waals surface area contributed by atoms with Crippen molar-refractivity contribution in [1.82, 2.24) is 0 Å². The first-order valence-electron chi connectivity index (χ1n) is 14.5. The normalized spacial score (nSPS) is 16.4. The van der Waals surface area contributed by atoms with E-state index in [0.717, 1.165) is 46.9 Å². The molecular formula is C36H45N2O2+. The monoisotopic (exact) mass is 537 g/mol. The summed E-state index contributed by atoms with van der Waals surface area (Å²) in [5, 5.41) is 6.11. The zero-order chi connectivity index (χ0) is 29.0. The minimum absolute atomic E-state index is 0.347. The molecule has 0 bridgehead atoms. The van der Waals surface area contributed by atoms with E-state index in [-0.39, 0.29) is 0 Å². The van der Waals surface area contributed by atoms with E-state index >= 15 is 0 Å². The van der Waals surface area contributed by atoms with Crippen molar-refractivity contribution < 1.29 is 14.6 Å². The lowest BCUT2D eigenvalue weighted by atomic mass is 9.87. The van der Waals surface area contributed by atoms with E-state index in [4.69, 9.17) is 9.47 Å². The molecule has 0 radical (unpaired) electrons. The second kappa shape index (κ2) is 12.6. The lowest BCUT2D eigenvalue weighted by Gasteiger charge is -2.20. The summed E-state index contributed by atoms with van der Waals surface area (Å²) in [5.41, 5.74) is 14.2. The van der Waals surface area contributed by atoms with Crippen molar-refractivity contribution in [3.05, 3.63) is 105 Å². The van der Waals surface area contributed by atoms with Gasteiger partial charge in [-0.1, -0.05) is 76.6 Å². The van der Waals surface area contributed by atoms with Gasteiger partial charge < -0.3 is 9.47 Å². The molecule has 0 fully saturated rings. The van der Waals surface area contributed by atoms with Crippen LogP contribution in [0.5, 0.6) is 0 Å². The number of benzene rings is 3. The second-order valence-corrected chi connectivity index (χ2v) is 11.2. The summed E-state index contributed by atoms with van der Waals surface area (Å²) in [6.07, 6.45) is 8.29. The second-order valence-electron chi connectivity index (χ2n) is 11.2. The predicted octanol–water partition coefficient (Wildman–Crippen LogP) is 7.66. The average Bonchev–Trinajstić information content (AvgIpc) is 2.95. The minimum Gasteiger partial charge on any atom is -0.496 e. The van der Waals surface area contributed by atoms with Gasteiger partial charge in [0, 0.05) is 5.57 Å². The van der Waals surface area contributed by atoms with Crippen molar-refractivity contribution in [3.63, 3.8) is 0 Å². The topological polar surface area (TPSA) is 44.5 Å². The highest BCUT2D eigenvalue weighted by Crippen LogP contribution is 2.37. The number of rotatable bonds is 9. The van der Waals surface area contributed by atoms with Crippen LogP contribution in [0.25, 0.3) is 16.8 Å². The number of anilines is 1. The molecule has 4 nitrogen and oxygen atoms in total. The van der Waals surface area contributed by atoms with Gasteiger partial charge in [-0.15, -0.1) is 5.10 Å². The molecule has 0 saturated carbocycles. The number of hydrogen-bond donors (Lipinski definition) is 2. The fourth-order valence-electron chi connectivity index (χ4n) is 5.60. The van der Waals surface area contributed by atoms with Gasteiger partial charge >= 0.3 is 0 Å². The highest BCUT2D eigenvalue weighted by atomic mass is 16.5. The summed E-state index contributed by atoms with van der Waals surface area (Å²) >= 11 is 0. The molecule has 40 heavy (non-hydrogen) atoms. The third-order valence-corrected chi connectivity index (χ3v) is 7.97. The quantitative estimate of drug-likeness (QED) is 0.275. The zero-order valence-electron chi connectivity index (χ0n) is 25.7. The molecule has 0 heterocycles. The lowest BCUT2D eigenvalue weighted by Crippen LogP contribution is -2.78. The Bertz CT molecular complexity index is 1500. The van der Waals surface area contributed by atoms with E-state index in [1.165, 1.54) is 38.6 Å². The Balaban J connectivity index is 1.73. The third-order valence-electron chi connectivity index (χ3n) is 7.97. The molecule has 1 atom stereocenters. The van der Waals surface area contributed by atoms with Gasteiger partial charge in [-0.2, -0.15) is 5.43 Å². The molecule has 0 amide bonds. The Morgan fingerprint density at radius 3 is 2.20 bits per heavy atom. The first-order valence-corrected chi connectivity index (χ1v) is 14.5. The van der Waals surface area contributed by atoms with Gasteiger partial charge in [-0.05, 0) is 95.3 Å². The molecular weight excluding hydrogens is 492 g/mol. The van der Waals surface area contributed by atoms with Crippen LogP contribution < -0.4 is 10.5 Å². The van der Waals surface area contributed by atoms with Crippen LogP contribution in [-0.2, 0) is 15.9 Å². The van der Waals surface area contributed by atoms with Crippen LogP contribution in [0.4, 0.5) is 5.69 Å². The average molecular weight is 538 g/mol. The molecule has 4 heteroatoms. The molecule has 0 spiro atoms. The Morgan fingerprint density at radius 2 is 1.60 bits per heavy atom. The first-order chi connectivity index (χ1) is 19.2. The summed E-state index contributed by atoms with van der Waals surface area (Å²) in [5.74, 6) is 2.42. The van der Waals surface area contributed by atoms with Crippen LogP contribution in [0.3, 0.4) is 0 Å². The number of nitrogens with one attached hydrogen (secondary N) is 2. The van der Waals surface area contributed by atoms with E-state index in [1.54, 1.807) is 14.2 Å². The number of hydrazone groups is 1. The van der Waals surface area contributed by atoms with Crippen molar-refractivity contribution in [1.29, 1.82) is 0 Å². The standard InChI is InChI=1S/C36H44N2O2/c1-10-24(6)28-14-12-26(13-15-28)19-29-20-33(40-9)31(21-32(29)39-8)37-38-36-25(7)18-30-17-23(5)16-27(11-2)35(30)34(36)22(3)4/h12-22,24,38H,10-11H2,1-9H3/p+1. The Morgan fingerprint density at radius 1 is 0.900 bits per heavy atom. The van der Waals surface area contributed by atoms with Crippen LogP contribution in [0.15, 0.2) is 71.7 Å². The molecule has 0 aliphatic heterocycles. The van der Waals surface area contributed by atoms with Gasteiger partial charge in [0.2, 0.25) is 0 Å². The Hall–Kier alpha value is -3.79. The van der Waals surface area contributed by atoms with Gasteiger partial charge in [0.25, 0.3) is 5.71 Å². The van der Waals surface area contributed by atoms with Gasteiger partial charge in [0.15, 0.2) is 5.76 Å². The summed E-state index contributed by atoms with van der Waals surface area (Å²) in [7, 11) is 3.41. The minimum atomic E-state index is 0.347. The van der Waals surface area contributed by atoms with Crippen LogP contribution >= 0.6 is 0 Å². The highest BCUT2D eigenvalue weighted by molar-refractivity contribution is 6.06. The highest BCUT2D eigenvalue weighted by Gasteiger charge is 2.24. The molecule has 210 valence electrons. The maximum absolute atomic E-state index is 5.83. The summed E-state index contributed by atoms with van der Waals surface area (Å²) < 4.78 is 11.6. The van der Waals surface area contributed by atoms with Crippen molar-refractivity contribution in [2.45, 2.75) is 73.1 Å². The molecule has 2 N–H and O–H groups in total. The summed E-state index contributed by atoms with van der Waals surface area (Å²) in [6.45, 7) is 15.6. The summed E-state index contributed by atoms with van der Waals surface area (Å²) in [6, 6.07) is 15.7. The number of ether oxygens (including phenoxy) is 2. The maximum Gasteiger partial charge on any atom is 0.272 e. The fraction of sp³-hybridized carbons (Fsp3) is 0.361. The van der Waals surface area contributed by atoms with E-state index in [0.29, 0.717) is 11.8 Å². The molecule has 0 saturated heterocycles. The summed E-state index contributed by atoms with van der Waals surface area (Å²) in [4.78, 5) is 0. The van der Waals surface area contributed by atoms with E-state index < -0.39 is 0 Å². The lowest BCUT2D eigenvalue weighted by molar-refractivity contribution is -0.419. The van der Waals surface area contributed by atoms with Crippen LogP contribution in [0, 0.1) is 13.8 Å². The van der Waals surface area contributed by atoms with Gasteiger partial charge in [-0.3, -0.25) is 0 Å². The zero-order valence-corrected chi connectivity index (χ0v) is 25.7. The predicted molar refractivity (Wildman–Crippen MR) is 170 cm³/mol.